The normalized spacial score (nSPS) is 26.8. The zero-order valence-electron chi connectivity index (χ0n) is 11.6. The summed E-state index contributed by atoms with van der Waals surface area (Å²) in [5.74, 6) is 1.56. The molecule has 0 aromatic carbocycles. The number of nitrogens with zero attached hydrogens (tertiary/aromatic N) is 1. The van der Waals surface area contributed by atoms with Crippen molar-refractivity contribution >= 4 is 0 Å². The Morgan fingerprint density at radius 2 is 1.76 bits per heavy atom. The molecule has 2 nitrogen and oxygen atoms in total. The average Bonchev–Trinajstić information content (AvgIpc) is 2.74. The van der Waals surface area contributed by atoms with Gasteiger partial charge in [-0.05, 0) is 31.1 Å². The Balaban J connectivity index is 1.75. The van der Waals surface area contributed by atoms with Crippen molar-refractivity contribution in [2.45, 2.75) is 64.4 Å². The summed E-state index contributed by atoms with van der Waals surface area (Å²) in [6.07, 6.45) is 8.56. The van der Waals surface area contributed by atoms with Crippen LogP contribution in [0.2, 0.25) is 0 Å². The van der Waals surface area contributed by atoms with E-state index in [1.54, 1.807) is 0 Å². The van der Waals surface area contributed by atoms with Crippen LogP contribution in [0.3, 0.4) is 0 Å². The highest BCUT2D eigenvalue weighted by molar-refractivity contribution is 4.89. The summed E-state index contributed by atoms with van der Waals surface area (Å²) < 4.78 is 0. The lowest BCUT2D eigenvalue weighted by molar-refractivity contribution is -0.0402. The molecule has 0 aromatic heterocycles. The lowest BCUT2D eigenvalue weighted by Crippen LogP contribution is -2.46. The van der Waals surface area contributed by atoms with Gasteiger partial charge in [0, 0.05) is 19.6 Å². The summed E-state index contributed by atoms with van der Waals surface area (Å²) in [7, 11) is 0. The van der Waals surface area contributed by atoms with E-state index in [2.05, 4.69) is 18.7 Å². The van der Waals surface area contributed by atoms with Crippen LogP contribution in [0.1, 0.15) is 58.8 Å². The molecule has 2 aliphatic rings. The fraction of sp³-hybridized carbons (Fsp3) is 1.00. The number of likely N-dealkylation sites (tertiary alicyclic amines) is 1. The number of aliphatic hydroxyl groups is 1. The van der Waals surface area contributed by atoms with Crippen LogP contribution in [0.25, 0.3) is 0 Å². The molecule has 0 spiro atoms. The van der Waals surface area contributed by atoms with Gasteiger partial charge < -0.3 is 10.0 Å². The lowest BCUT2D eigenvalue weighted by Gasteiger charge is -2.40. The van der Waals surface area contributed by atoms with Gasteiger partial charge in [-0.15, -0.1) is 0 Å². The van der Waals surface area contributed by atoms with Crippen molar-refractivity contribution in [2.24, 2.45) is 11.8 Å². The van der Waals surface area contributed by atoms with Crippen LogP contribution in [0, 0.1) is 11.8 Å². The fourth-order valence-electron chi connectivity index (χ4n) is 3.62. The third-order valence-electron chi connectivity index (χ3n) is 4.55. The van der Waals surface area contributed by atoms with E-state index in [4.69, 9.17) is 0 Å². The number of piperidine rings is 1. The highest BCUT2D eigenvalue weighted by Gasteiger charge is 2.35. The second-order valence-electron chi connectivity index (χ2n) is 6.77. The Bertz CT molecular complexity index is 225. The summed E-state index contributed by atoms with van der Waals surface area (Å²) in [4.78, 5) is 2.52. The van der Waals surface area contributed by atoms with Crippen LogP contribution in [0.15, 0.2) is 0 Å². The number of hydrogen-bond donors (Lipinski definition) is 1. The predicted octanol–water partition coefficient (Wildman–Crippen LogP) is 3.05. The fourth-order valence-corrected chi connectivity index (χ4v) is 3.62. The van der Waals surface area contributed by atoms with E-state index in [1.165, 1.54) is 32.2 Å². The van der Waals surface area contributed by atoms with Gasteiger partial charge in [-0.3, -0.25) is 0 Å². The molecule has 0 atom stereocenters. The van der Waals surface area contributed by atoms with E-state index in [9.17, 15) is 5.11 Å². The van der Waals surface area contributed by atoms with E-state index in [-0.39, 0.29) is 5.60 Å². The van der Waals surface area contributed by atoms with Gasteiger partial charge >= 0.3 is 0 Å². The van der Waals surface area contributed by atoms with Gasteiger partial charge in [-0.25, -0.2) is 0 Å². The van der Waals surface area contributed by atoms with Crippen molar-refractivity contribution in [3.05, 3.63) is 0 Å². The molecular weight excluding hydrogens is 210 g/mol. The van der Waals surface area contributed by atoms with Crippen molar-refractivity contribution in [3.8, 4) is 0 Å². The summed E-state index contributed by atoms with van der Waals surface area (Å²) in [6.45, 7) is 7.95. The minimum Gasteiger partial charge on any atom is -0.390 e. The van der Waals surface area contributed by atoms with Crippen molar-refractivity contribution in [1.29, 1.82) is 0 Å². The highest BCUT2D eigenvalue weighted by Crippen LogP contribution is 2.36. The molecule has 1 aliphatic carbocycles. The Kier molecular flexibility index (Phi) is 4.48. The first-order chi connectivity index (χ1) is 8.07. The molecule has 0 bridgehead atoms. The Hall–Kier alpha value is -0.0800. The van der Waals surface area contributed by atoms with Crippen LogP contribution in [-0.2, 0) is 0 Å². The maximum absolute atomic E-state index is 10.7. The Morgan fingerprint density at radius 3 is 2.29 bits per heavy atom. The molecule has 2 rings (SSSR count). The Morgan fingerprint density at radius 1 is 1.18 bits per heavy atom. The summed E-state index contributed by atoms with van der Waals surface area (Å²) in [6, 6.07) is 0. The predicted molar refractivity (Wildman–Crippen MR) is 72.0 cm³/mol. The molecule has 2 heteroatoms. The van der Waals surface area contributed by atoms with Gasteiger partial charge in [0.15, 0.2) is 0 Å². The van der Waals surface area contributed by atoms with Crippen molar-refractivity contribution in [3.63, 3.8) is 0 Å². The summed E-state index contributed by atoms with van der Waals surface area (Å²) >= 11 is 0. The second-order valence-corrected chi connectivity index (χ2v) is 6.77. The topological polar surface area (TPSA) is 23.5 Å². The van der Waals surface area contributed by atoms with E-state index in [1.807, 2.05) is 0 Å². The molecule has 0 amide bonds. The second kappa shape index (κ2) is 5.71. The maximum atomic E-state index is 10.7. The SMILES string of the molecule is CC(C)CN1CCC(O)(CC2CCCC2)CC1. The molecule has 17 heavy (non-hydrogen) atoms. The number of rotatable bonds is 4. The molecule has 0 unspecified atom stereocenters. The van der Waals surface area contributed by atoms with Gasteiger partial charge in [0.2, 0.25) is 0 Å². The third-order valence-corrected chi connectivity index (χ3v) is 4.55. The molecule has 0 radical (unpaired) electrons. The smallest absolute Gasteiger partial charge is 0.0674 e. The van der Waals surface area contributed by atoms with Gasteiger partial charge in [0.05, 0.1) is 5.60 Å². The molecule has 100 valence electrons. The van der Waals surface area contributed by atoms with Crippen molar-refractivity contribution in [2.75, 3.05) is 19.6 Å². The molecule has 1 saturated carbocycles. The minimum absolute atomic E-state index is 0.331. The van der Waals surface area contributed by atoms with Gasteiger partial charge in [0.1, 0.15) is 0 Å². The first-order valence-corrected chi connectivity index (χ1v) is 7.52. The van der Waals surface area contributed by atoms with Crippen molar-refractivity contribution < 1.29 is 5.11 Å². The van der Waals surface area contributed by atoms with Crippen molar-refractivity contribution in [1.82, 2.24) is 4.90 Å². The zero-order chi connectivity index (χ0) is 12.3. The van der Waals surface area contributed by atoms with Crippen LogP contribution < -0.4 is 0 Å². The molecule has 1 N–H and O–H groups in total. The lowest BCUT2D eigenvalue weighted by atomic mass is 9.82. The van der Waals surface area contributed by atoms with E-state index in [0.717, 1.165) is 44.2 Å². The van der Waals surface area contributed by atoms with Gasteiger partial charge in [-0.2, -0.15) is 0 Å². The Labute approximate surface area is 106 Å². The zero-order valence-corrected chi connectivity index (χ0v) is 11.6. The first-order valence-electron chi connectivity index (χ1n) is 7.52. The molecule has 1 heterocycles. The third kappa shape index (κ3) is 3.96. The van der Waals surface area contributed by atoms with Crippen LogP contribution in [-0.4, -0.2) is 35.2 Å². The summed E-state index contributed by atoms with van der Waals surface area (Å²) in [5.41, 5.74) is -0.331. The monoisotopic (exact) mass is 239 g/mol. The van der Waals surface area contributed by atoms with Crippen LogP contribution >= 0.6 is 0 Å². The van der Waals surface area contributed by atoms with Crippen LogP contribution in [0.5, 0.6) is 0 Å². The molecule has 0 aromatic rings. The van der Waals surface area contributed by atoms with Gasteiger partial charge in [0.25, 0.3) is 0 Å². The maximum Gasteiger partial charge on any atom is 0.0674 e. The average molecular weight is 239 g/mol. The largest absolute Gasteiger partial charge is 0.390 e. The quantitative estimate of drug-likeness (QED) is 0.815. The highest BCUT2D eigenvalue weighted by atomic mass is 16.3. The first kappa shape index (κ1) is 13.4. The molecule has 1 saturated heterocycles. The van der Waals surface area contributed by atoms with E-state index in [0.29, 0.717) is 0 Å². The summed E-state index contributed by atoms with van der Waals surface area (Å²) in [5, 5.41) is 10.7. The number of hydrogen-bond acceptors (Lipinski definition) is 2. The van der Waals surface area contributed by atoms with E-state index >= 15 is 0 Å². The standard InChI is InChI=1S/C15H29NO/c1-13(2)12-16-9-7-15(17,8-10-16)11-14-5-3-4-6-14/h13-14,17H,3-12H2,1-2H3. The molecular formula is C15H29NO. The minimum atomic E-state index is -0.331. The molecule has 1 aliphatic heterocycles. The van der Waals surface area contributed by atoms with Crippen LogP contribution in [0.4, 0.5) is 0 Å². The van der Waals surface area contributed by atoms with E-state index < -0.39 is 0 Å². The van der Waals surface area contributed by atoms with Gasteiger partial charge in [-0.1, -0.05) is 39.5 Å². The molecule has 2 fully saturated rings.